The highest BCUT2D eigenvalue weighted by molar-refractivity contribution is 7.84. The lowest BCUT2D eigenvalue weighted by Crippen LogP contribution is -2.09. The summed E-state index contributed by atoms with van der Waals surface area (Å²) in [6.45, 7) is 1.98. The molecule has 0 radical (unpaired) electrons. The van der Waals surface area contributed by atoms with Crippen LogP contribution in [0.15, 0.2) is 4.52 Å². The van der Waals surface area contributed by atoms with Gasteiger partial charge in [-0.1, -0.05) is 24.9 Å². The van der Waals surface area contributed by atoms with Crippen LogP contribution in [-0.2, 0) is 23.0 Å². The molecule has 2 rings (SSSR count). The number of rotatable bonds is 5. The number of aromatic nitrogens is 2. The molecule has 0 bridgehead atoms. The van der Waals surface area contributed by atoms with E-state index in [9.17, 15) is 4.21 Å². The van der Waals surface area contributed by atoms with E-state index in [2.05, 4.69) is 10.1 Å². The monoisotopic (exact) mass is 242 g/mol. The Kier molecular flexibility index (Phi) is 4.09. The van der Waals surface area contributed by atoms with Crippen molar-refractivity contribution in [3.63, 3.8) is 0 Å². The van der Waals surface area contributed by atoms with Gasteiger partial charge in [0.2, 0.25) is 5.89 Å². The summed E-state index contributed by atoms with van der Waals surface area (Å²) in [6.07, 6.45) is 5.81. The van der Waals surface area contributed by atoms with E-state index >= 15 is 0 Å². The first-order chi connectivity index (χ1) is 7.78. The van der Waals surface area contributed by atoms with Crippen molar-refractivity contribution in [2.24, 2.45) is 5.92 Å². The maximum absolute atomic E-state index is 11.8. The third kappa shape index (κ3) is 3.14. The molecule has 1 aliphatic carbocycles. The quantitative estimate of drug-likeness (QED) is 0.793. The van der Waals surface area contributed by atoms with Gasteiger partial charge in [0.25, 0.3) is 0 Å². The molecular weight excluding hydrogens is 224 g/mol. The Morgan fingerprint density at radius 3 is 2.81 bits per heavy atom. The molecule has 1 atom stereocenters. The SMILES string of the molecule is CCc1noc(C[S@](=O)CC2CCCC2)n1. The van der Waals surface area contributed by atoms with Crippen molar-refractivity contribution in [2.45, 2.75) is 44.8 Å². The first-order valence-corrected chi connectivity index (χ1v) is 7.43. The van der Waals surface area contributed by atoms with Crippen LogP contribution in [0.25, 0.3) is 0 Å². The Morgan fingerprint density at radius 2 is 2.19 bits per heavy atom. The van der Waals surface area contributed by atoms with Gasteiger partial charge in [-0.25, -0.2) is 0 Å². The molecule has 16 heavy (non-hydrogen) atoms. The average Bonchev–Trinajstić information content (AvgIpc) is 2.89. The molecule has 1 heterocycles. The fraction of sp³-hybridized carbons (Fsp3) is 0.818. The van der Waals surface area contributed by atoms with Crippen molar-refractivity contribution in [2.75, 3.05) is 5.75 Å². The molecule has 0 aromatic carbocycles. The first kappa shape index (κ1) is 11.8. The van der Waals surface area contributed by atoms with Gasteiger partial charge in [-0.05, 0) is 18.8 Å². The molecule has 1 saturated carbocycles. The standard InChI is InChI=1S/C11H18N2O2S/c1-2-10-12-11(15-13-10)8-16(14)7-9-5-3-4-6-9/h9H,2-8H2,1H3/t16-/m1/s1. The predicted molar refractivity (Wildman–Crippen MR) is 62.3 cm³/mol. The van der Waals surface area contributed by atoms with Crippen LogP contribution in [0.5, 0.6) is 0 Å². The molecule has 0 unspecified atom stereocenters. The Balaban J connectivity index is 1.81. The van der Waals surface area contributed by atoms with E-state index in [0.29, 0.717) is 23.4 Å². The van der Waals surface area contributed by atoms with E-state index in [1.165, 1.54) is 25.7 Å². The maximum atomic E-state index is 11.8. The third-order valence-corrected chi connectivity index (χ3v) is 4.42. The summed E-state index contributed by atoms with van der Waals surface area (Å²) in [5.41, 5.74) is 0. The van der Waals surface area contributed by atoms with E-state index in [1.54, 1.807) is 0 Å². The minimum Gasteiger partial charge on any atom is -0.338 e. The van der Waals surface area contributed by atoms with Crippen LogP contribution in [-0.4, -0.2) is 20.1 Å². The van der Waals surface area contributed by atoms with Crippen LogP contribution in [0.1, 0.15) is 44.3 Å². The highest BCUT2D eigenvalue weighted by atomic mass is 32.2. The van der Waals surface area contributed by atoms with Crippen molar-refractivity contribution < 1.29 is 8.73 Å². The molecule has 90 valence electrons. The van der Waals surface area contributed by atoms with Gasteiger partial charge in [0.15, 0.2) is 5.82 Å². The number of hydrogen-bond donors (Lipinski definition) is 0. The van der Waals surface area contributed by atoms with Crippen molar-refractivity contribution in [3.05, 3.63) is 11.7 Å². The predicted octanol–water partition coefficient (Wildman–Crippen LogP) is 2.07. The van der Waals surface area contributed by atoms with E-state index < -0.39 is 10.8 Å². The summed E-state index contributed by atoms with van der Waals surface area (Å²) >= 11 is 0. The summed E-state index contributed by atoms with van der Waals surface area (Å²) in [4.78, 5) is 4.17. The molecule has 0 N–H and O–H groups in total. The summed E-state index contributed by atoms with van der Waals surface area (Å²) in [6, 6.07) is 0. The van der Waals surface area contributed by atoms with Gasteiger partial charge in [-0.3, -0.25) is 4.21 Å². The van der Waals surface area contributed by atoms with Crippen LogP contribution >= 0.6 is 0 Å². The van der Waals surface area contributed by atoms with Gasteiger partial charge >= 0.3 is 0 Å². The van der Waals surface area contributed by atoms with E-state index in [-0.39, 0.29) is 0 Å². The Hall–Kier alpha value is -0.710. The topological polar surface area (TPSA) is 56.0 Å². The molecular formula is C11H18N2O2S. The lowest BCUT2D eigenvalue weighted by atomic mass is 10.1. The zero-order valence-electron chi connectivity index (χ0n) is 9.65. The van der Waals surface area contributed by atoms with Crippen molar-refractivity contribution >= 4 is 10.8 Å². The third-order valence-electron chi connectivity index (χ3n) is 3.01. The zero-order chi connectivity index (χ0) is 11.4. The van der Waals surface area contributed by atoms with Gasteiger partial charge in [0.1, 0.15) is 5.75 Å². The van der Waals surface area contributed by atoms with Crippen LogP contribution < -0.4 is 0 Å². The second kappa shape index (κ2) is 5.57. The fourth-order valence-electron chi connectivity index (χ4n) is 2.13. The van der Waals surface area contributed by atoms with Crippen LogP contribution in [0.4, 0.5) is 0 Å². The Bertz CT molecular complexity index is 359. The molecule has 0 aliphatic heterocycles. The van der Waals surface area contributed by atoms with Crippen LogP contribution in [0.2, 0.25) is 0 Å². The van der Waals surface area contributed by atoms with Gasteiger partial charge in [-0.15, -0.1) is 0 Å². The number of aryl methyl sites for hydroxylation is 1. The van der Waals surface area contributed by atoms with E-state index in [1.807, 2.05) is 6.92 Å². The number of hydrogen-bond acceptors (Lipinski definition) is 4. The van der Waals surface area contributed by atoms with Gasteiger partial charge in [0, 0.05) is 23.0 Å². The Labute approximate surface area is 98.3 Å². The molecule has 0 spiro atoms. The smallest absolute Gasteiger partial charge is 0.239 e. The summed E-state index contributed by atoms with van der Waals surface area (Å²) in [5, 5.41) is 3.80. The first-order valence-electron chi connectivity index (χ1n) is 5.94. The van der Waals surface area contributed by atoms with Crippen molar-refractivity contribution in [1.29, 1.82) is 0 Å². The lowest BCUT2D eigenvalue weighted by molar-refractivity contribution is 0.384. The molecule has 1 aromatic rings. The maximum Gasteiger partial charge on any atom is 0.239 e. The Morgan fingerprint density at radius 1 is 1.44 bits per heavy atom. The van der Waals surface area contributed by atoms with Crippen molar-refractivity contribution in [1.82, 2.24) is 10.1 Å². The van der Waals surface area contributed by atoms with E-state index in [4.69, 9.17) is 4.52 Å². The highest BCUT2D eigenvalue weighted by Crippen LogP contribution is 2.25. The second-order valence-electron chi connectivity index (χ2n) is 4.36. The minimum atomic E-state index is -0.846. The zero-order valence-corrected chi connectivity index (χ0v) is 10.5. The molecule has 1 aliphatic rings. The van der Waals surface area contributed by atoms with E-state index in [0.717, 1.165) is 12.2 Å². The molecule has 0 saturated heterocycles. The van der Waals surface area contributed by atoms with Gasteiger partial charge in [-0.2, -0.15) is 4.98 Å². The molecule has 1 fully saturated rings. The van der Waals surface area contributed by atoms with Gasteiger partial charge < -0.3 is 4.52 Å². The fourth-order valence-corrected chi connectivity index (χ4v) is 3.50. The van der Waals surface area contributed by atoms with Crippen molar-refractivity contribution in [3.8, 4) is 0 Å². The summed E-state index contributed by atoms with van der Waals surface area (Å²) in [7, 11) is -0.846. The molecule has 4 nitrogen and oxygen atoms in total. The normalized spacial score (nSPS) is 19.1. The average molecular weight is 242 g/mol. The molecule has 5 heteroatoms. The molecule has 1 aromatic heterocycles. The highest BCUT2D eigenvalue weighted by Gasteiger charge is 2.19. The second-order valence-corrected chi connectivity index (χ2v) is 5.86. The largest absolute Gasteiger partial charge is 0.338 e. The summed E-state index contributed by atoms with van der Waals surface area (Å²) in [5.74, 6) is 3.09. The van der Waals surface area contributed by atoms with Crippen LogP contribution in [0.3, 0.4) is 0 Å². The number of nitrogens with zero attached hydrogens (tertiary/aromatic N) is 2. The lowest BCUT2D eigenvalue weighted by Gasteiger charge is -2.06. The summed E-state index contributed by atoms with van der Waals surface area (Å²) < 4.78 is 16.9. The molecule has 0 amide bonds. The minimum absolute atomic E-state index is 0.420. The van der Waals surface area contributed by atoms with Crippen LogP contribution in [0, 0.1) is 5.92 Å². The van der Waals surface area contributed by atoms with Gasteiger partial charge in [0.05, 0.1) is 0 Å².